The Balaban J connectivity index is 1.70. The summed E-state index contributed by atoms with van der Waals surface area (Å²) in [6, 6.07) is 15.0. The predicted molar refractivity (Wildman–Crippen MR) is 94.1 cm³/mol. The molecule has 5 heteroatoms. The Labute approximate surface area is 142 Å². The van der Waals surface area contributed by atoms with Crippen molar-refractivity contribution in [2.75, 3.05) is 18.5 Å². The number of rotatable bonds is 7. The first kappa shape index (κ1) is 17.5. The highest BCUT2D eigenvalue weighted by Gasteiger charge is 2.07. The maximum absolute atomic E-state index is 11.8. The number of anilines is 1. The molecule has 0 spiro atoms. The van der Waals surface area contributed by atoms with E-state index in [1.165, 1.54) is 5.56 Å². The van der Waals surface area contributed by atoms with Crippen molar-refractivity contribution in [3.05, 3.63) is 59.7 Å². The maximum Gasteiger partial charge on any atom is 0.258 e. The standard InChI is InChI=1S/C19H22N2O3/c1-3-15-6-8-16(9-7-15)21-18(22)12-20-19(23)13-24-17-10-4-14(2)5-11-17/h4-11H,3,12-13H2,1-2H3,(H,20,23)(H,21,22). The van der Waals surface area contributed by atoms with Crippen molar-refractivity contribution in [1.29, 1.82) is 0 Å². The van der Waals surface area contributed by atoms with Gasteiger partial charge in [-0.1, -0.05) is 36.8 Å². The molecular formula is C19H22N2O3. The van der Waals surface area contributed by atoms with Gasteiger partial charge in [-0.05, 0) is 43.2 Å². The van der Waals surface area contributed by atoms with Gasteiger partial charge in [0.05, 0.1) is 6.54 Å². The fraction of sp³-hybridized carbons (Fsp3) is 0.263. The second-order valence-corrected chi connectivity index (χ2v) is 5.48. The molecule has 24 heavy (non-hydrogen) atoms. The zero-order chi connectivity index (χ0) is 17.4. The molecule has 0 aliphatic carbocycles. The lowest BCUT2D eigenvalue weighted by Crippen LogP contribution is -2.35. The number of nitrogens with one attached hydrogen (secondary N) is 2. The molecule has 2 amide bonds. The van der Waals surface area contributed by atoms with E-state index in [1.807, 2.05) is 43.3 Å². The highest BCUT2D eigenvalue weighted by atomic mass is 16.5. The predicted octanol–water partition coefficient (Wildman–Crippen LogP) is 2.69. The molecule has 2 aromatic rings. The first-order chi connectivity index (χ1) is 11.6. The van der Waals surface area contributed by atoms with E-state index in [1.54, 1.807) is 12.1 Å². The zero-order valence-corrected chi connectivity index (χ0v) is 14.0. The molecule has 2 aromatic carbocycles. The first-order valence-corrected chi connectivity index (χ1v) is 7.92. The van der Waals surface area contributed by atoms with Crippen LogP contribution in [0.2, 0.25) is 0 Å². The maximum atomic E-state index is 11.8. The van der Waals surface area contributed by atoms with Crippen LogP contribution in [0.4, 0.5) is 5.69 Å². The quantitative estimate of drug-likeness (QED) is 0.822. The Kier molecular flexibility index (Phi) is 6.37. The van der Waals surface area contributed by atoms with E-state index in [4.69, 9.17) is 4.74 Å². The monoisotopic (exact) mass is 326 g/mol. The van der Waals surface area contributed by atoms with Gasteiger partial charge in [0.2, 0.25) is 5.91 Å². The van der Waals surface area contributed by atoms with Crippen LogP contribution in [0, 0.1) is 6.92 Å². The van der Waals surface area contributed by atoms with Crippen LogP contribution in [-0.2, 0) is 16.0 Å². The van der Waals surface area contributed by atoms with Crippen molar-refractivity contribution in [1.82, 2.24) is 5.32 Å². The topological polar surface area (TPSA) is 67.4 Å². The van der Waals surface area contributed by atoms with Gasteiger partial charge in [0.1, 0.15) is 5.75 Å². The third-order valence-corrected chi connectivity index (χ3v) is 3.48. The summed E-state index contributed by atoms with van der Waals surface area (Å²) >= 11 is 0. The van der Waals surface area contributed by atoms with Gasteiger partial charge in [0, 0.05) is 5.69 Å². The number of ether oxygens (including phenoxy) is 1. The van der Waals surface area contributed by atoms with Gasteiger partial charge in [0.15, 0.2) is 6.61 Å². The van der Waals surface area contributed by atoms with E-state index in [2.05, 4.69) is 17.6 Å². The normalized spacial score (nSPS) is 10.1. The van der Waals surface area contributed by atoms with Crippen molar-refractivity contribution in [2.45, 2.75) is 20.3 Å². The molecule has 0 aromatic heterocycles. The van der Waals surface area contributed by atoms with Crippen molar-refractivity contribution >= 4 is 17.5 Å². The van der Waals surface area contributed by atoms with Gasteiger partial charge in [-0.2, -0.15) is 0 Å². The summed E-state index contributed by atoms with van der Waals surface area (Å²) in [6.45, 7) is 3.83. The number of benzene rings is 2. The number of amides is 2. The lowest BCUT2D eigenvalue weighted by molar-refractivity contribution is -0.125. The molecule has 126 valence electrons. The van der Waals surface area contributed by atoms with Crippen LogP contribution in [0.5, 0.6) is 5.75 Å². The van der Waals surface area contributed by atoms with Gasteiger partial charge in [-0.25, -0.2) is 0 Å². The van der Waals surface area contributed by atoms with Gasteiger partial charge in [0.25, 0.3) is 5.91 Å². The van der Waals surface area contributed by atoms with Crippen LogP contribution in [0.25, 0.3) is 0 Å². The molecular weight excluding hydrogens is 304 g/mol. The molecule has 0 unspecified atom stereocenters. The molecule has 0 radical (unpaired) electrons. The minimum atomic E-state index is -0.341. The average molecular weight is 326 g/mol. The van der Waals surface area contributed by atoms with E-state index < -0.39 is 0 Å². The Morgan fingerprint density at radius 1 is 0.958 bits per heavy atom. The summed E-state index contributed by atoms with van der Waals surface area (Å²) < 4.78 is 5.36. The molecule has 0 heterocycles. The van der Waals surface area contributed by atoms with E-state index in [0.717, 1.165) is 12.0 Å². The fourth-order valence-corrected chi connectivity index (χ4v) is 2.04. The molecule has 2 N–H and O–H groups in total. The molecule has 0 aliphatic heterocycles. The van der Waals surface area contributed by atoms with Crippen LogP contribution in [-0.4, -0.2) is 25.0 Å². The van der Waals surface area contributed by atoms with E-state index in [-0.39, 0.29) is 25.0 Å². The largest absolute Gasteiger partial charge is 0.484 e. The van der Waals surface area contributed by atoms with Crippen LogP contribution in [0.3, 0.4) is 0 Å². The van der Waals surface area contributed by atoms with Gasteiger partial charge in [-0.15, -0.1) is 0 Å². The number of hydrogen-bond donors (Lipinski definition) is 2. The molecule has 0 bridgehead atoms. The van der Waals surface area contributed by atoms with Crippen molar-refractivity contribution in [3.8, 4) is 5.75 Å². The summed E-state index contributed by atoms with van der Waals surface area (Å²) in [4.78, 5) is 23.5. The van der Waals surface area contributed by atoms with Crippen LogP contribution >= 0.6 is 0 Å². The highest BCUT2D eigenvalue weighted by molar-refractivity contribution is 5.94. The molecule has 2 rings (SSSR count). The Hall–Kier alpha value is -2.82. The fourth-order valence-electron chi connectivity index (χ4n) is 2.04. The van der Waals surface area contributed by atoms with Crippen LogP contribution < -0.4 is 15.4 Å². The molecule has 0 saturated carbocycles. The highest BCUT2D eigenvalue weighted by Crippen LogP contribution is 2.11. The van der Waals surface area contributed by atoms with Gasteiger partial charge >= 0.3 is 0 Å². The Morgan fingerprint density at radius 2 is 1.62 bits per heavy atom. The van der Waals surface area contributed by atoms with E-state index in [0.29, 0.717) is 11.4 Å². The molecule has 0 aliphatic rings. The van der Waals surface area contributed by atoms with Crippen molar-refractivity contribution in [2.24, 2.45) is 0 Å². The molecule has 0 saturated heterocycles. The first-order valence-electron chi connectivity index (χ1n) is 7.92. The second-order valence-electron chi connectivity index (χ2n) is 5.48. The van der Waals surface area contributed by atoms with E-state index >= 15 is 0 Å². The molecule has 0 atom stereocenters. The van der Waals surface area contributed by atoms with Crippen molar-refractivity contribution < 1.29 is 14.3 Å². The number of hydrogen-bond acceptors (Lipinski definition) is 3. The lowest BCUT2D eigenvalue weighted by atomic mass is 10.1. The molecule has 0 fully saturated rings. The number of aryl methyl sites for hydroxylation is 2. The smallest absolute Gasteiger partial charge is 0.258 e. The summed E-state index contributed by atoms with van der Waals surface area (Å²) in [6.07, 6.45) is 0.950. The second kappa shape index (κ2) is 8.72. The SMILES string of the molecule is CCc1ccc(NC(=O)CNC(=O)COc2ccc(C)cc2)cc1. The lowest BCUT2D eigenvalue weighted by Gasteiger charge is -2.09. The van der Waals surface area contributed by atoms with Crippen molar-refractivity contribution in [3.63, 3.8) is 0 Å². The van der Waals surface area contributed by atoms with Crippen LogP contribution in [0.15, 0.2) is 48.5 Å². The summed E-state index contributed by atoms with van der Waals surface area (Å²) in [5.41, 5.74) is 3.03. The minimum absolute atomic E-state index is 0.0916. The third-order valence-electron chi connectivity index (χ3n) is 3.48. The van der Waals surface area contributed by atoms with Gasteiger partial charge in [-0.3, -0.25) is 9.59 Å². The summed E-state index contributed by atoms with van der Waals surface area (Å²) in [7, 11) is 0. The zero-order valence-electron chi connectivity index (χ0n) is 14.0. The number of carbonyl (C=O) groups is 2. The van der Waals surface area contributed by atoms with Crippen LogP contribution in [0.1, 0.15) is 18.1 Å². The third kappa shape index (κ3) is 5.76. The van der Waals surface area contributed by atoms with Gasteiger partial charge < -0.3 is 15.4 Å². The number of carbonyl (C=O) groups excluding carboxylic acids is 2. The van der Waals surface area contributed by atoms with E-state index in [9.17, 15) is 9.59 Å². The Morgan fingerprint density at radius 3 is 2.25 bits per heavy atom. The average Bonchev–Trinajstić information content (AvgIpc) is 2.60. The summed E-state index contributed by atoms with van der Waals surface area (Å²) in [5, 5.41) is 5.27. The summed E-state index contributed by atoms with van der Waals surface area (Å²) in [5.74, 6) is 0.00575. The Bertz CT molecular complexity index is 679. The molecule has 5 nitrogen and oxygen atoms in total. The minimum Gasteiger partial charge on any atom is -0.484 e.